The maximum atomic E-state index is 11.9. The van der Waals surface area contributed by atoms with Gasteiger partial charge in [0.05, 0.1) is 0 Å². The van der Waals surface area contributed by atoms with Crippen LogP contribution in [0.4, 0.5) is 0 Å². The Kier molecular flexibility index (Phi) is 6.69. The molecule has 0 aliphatic rings. The first-order chi connectivity index (χ1) is 10.4. The first kappa shape index (κ1) is 15.5. The first-order valence-corrected chi connectivity index (χ1v) is 7.56. The highest BCUT2D eigenvalue weighted by Crippen LogP contribution is 2.06. The standard InChI is InChI=1S/C19H22O2/c20-19(18-12-5-2-6-13-18)14-8-16-21-15-7-11-17-9-3-1-4-10-17/h1-6,9-10,12-13H,7-8,11,14-16H2. The maximum Gasteiger partial charge on any atom is 0.162 e. The third kappa shape index (κ3) is 5.92. The fourth-order valence-electron chi connectivity index (χ4n) is 2.23. The number of benzene rings is 2. The number of carbonyl (C=O) groups is 1. The predicted octanol–water partition coefficient (Wildman–Crippen LogP) is 4.30. The highest BCUT2D eigenvalue weighted by Gasteiger charge is 2.04. The molecular formula is C19H22O2. The lowest BCUT2D eigenvalue weighted by Gasteiger charge is -2.04. The molecule has 2 aromatic carbocycles. The second-order valence-electron chi connectivity index (χ2n) is 5.09. The molecule has 0 spiro atoms. The molecule has 0 fully saturated rings. The van der Waals surface area contributed by atoms with Gasteiger partial charge in [-0.2, -0.15) is 0 Å². The molecule has 0 saturated heterocycles. The van der Waals surface area contributed by atoms with Gasteiger partial charge in [-0.05, 0) is 24.8 Å². The number of carbonyl (C=O) groups excluding carboxylic acids is 1. The van der Waals surface area contributed by atoms with Crippen molar-refractivity contribution in [2.24, 2.45) is 0 Å². The van der Waals surface area contributed by atoms with Crippen molar-refractivity contribution in [3.05, 3.63) is 71.8 Å². The summed E-state index contributed by atoms with van der Waals surface area (Å²) in [6.07, 6.45) is 3.42. The second kappa shape index (κ2) is 9.09. The molecule has 0 aromatic heterocycles. The van der Waals surface area contributed by atoms with Gasteiger partial charge in [-0.3, -0.25) is 4.79 Å². The van der Waals surface area contributed by atoms with Crippen molar-refractivity contribution < 1.29 is 9.53 Å². The molecule has 0 saturated carbocycles. The Labute approximate surface area is 126 Å². The number of ketones is 1. The Bertz CT molecular complexity index is 520. The van der Waals surface area contributed by atoms with Gasteiger partial charge in [0.1, 0.15) is 0 Å². The van der Waals surface area contributed by atoms with Crippen LogP contribution in [-0.2, 0) is 11.2 Å². The molecular weight excluding hydrogens is 260 g/mol. The largest absolute Gasteiger partial charge is 0.381 e. The molecule has 2 heteroatoms. The van der Waals surface area contributed by atoms with Gasteiger partial charge in [-0.15, -0.1) is 0 Å². The zero-order valence-electron chi connectivity index (χ0n) is 12.3. The Morgan fingerprint density at radius 3 is 2.14 bits per heavy atom. The van der Waals surface area contributed by atoms with E-state index in [0.717, 1.165) is 31.4 Å². The van der Waals surface area contributed by atoms with Crippen molar-refractivity contribution in [1.82, 2.24) is 0 Å². The molecule has 21 heavy (non-hydrogen) atoms. The summed E-state index contributed by atoms with van der Waals surface area (Å²) in [5.41, 5.74) is 2.14. The van der Waals surface area contributed by atoms with E-state index in [-0.39, 0.29) is 5.78 Å². The molecule has 0 amide bonds. The van der Waals surface area contributed by atoms with Gasteiger partial charge in [0.2, 0.25) is 0 Å². The summed E-state index contributed by atoms with van der Waals surface area (Å²) < 4.78 is 5.59. The highest BCUT2D eigenvalue weighted by atomic mass is 16.5. The highest BCUT2D eigenvalue weighted by molar-refractivity contribution is 5.95. The first-order valence-electron chi connectivity index (χ1n) is 7.56. The van der Waals surface area contributed by atoms with Crippen LogP contribution in [0.2, 0.25) is 0 Å². The van der Waals surface area contributed by atoms with Gasteiger partial charge >= 0.3 is 0 Å². The SMILES string of the molecule is O=C(CCCOCCCc1ccccc1)c1ccccc1. The Balaban J connectivity index is 1.51. The summed E-state index contributed by atoms with van der Waals surface area (Å²) >= 11 is 0. The minimum absolute atomic E-state index is 0.198. The van der Waals surface area contributed by atoms with Crippen LogP contribution >= 0.6 is 0 Å². The number of rotatable bonds is 9. The van der Waals surface area contributed by atoms with Crippen LogP contribution in [0.15, 0.2) is 60.7 Å². The molecule has 0 bridgehead atoms. The van der Waals surface area contributed by atoms with Crippen LogP contribution < -0.4 is 0 Å². The van der Waals surface area contributed by atoms with Crippen LogP contribution in [0.1, 0.15) is 35.2 Å². The molecule has 2 rings (SSSR count). The van der Waals surface area contributed by atoms with Crippen molar-refractivity contribution in [1.29, 1.82) is 0 Å². The van der Waals surface area contributed by atoms with Gasteiger partial charge in [-0.1, -0.05) is 60.7 Å². The number of ether oxygens (including phenoxy) is 1. The van der Waals surface area contributed by atoms with E-state index < -0.39 is 0 Å². The van der Waals surface area contributed by atoms with Crippen molar-refractivity contribution in [2.45, 2.75) is 25.7 Å². The topological polar surface area (TPSA) is 26.3 Å². The van der Waals surface area contributed by atoms with Gasteiger partial charge in [0, 0.05) is 25.2 Å². The van der Waals surface area contributed by atoms with E-state index in [1.165, 1.54) is 5.56 Å². The lowest BCUT2D eigenvalue weighted by Crippen LogP contribution is -2.03. The molecule has 0 unspecified atom stereocenters. The van der Waals surface area contributed by atoms with E-state index in [1.807, 2.05) is 36.4 Å². The summed E-state index contributed by atoms with van der Waals surface area (Å²) in [6.45, 7) is 1.42. The summed E-state index contributed by atoms with van der Waals surface area (Å²) in [5.74, 6) is 0.198. The van der Waals surface area contributed by atoms with Gasteiger partial charge in [0.15, 0.2) is 5.78 Å². The molecule has 0 heterocycles. The van der Waals surface area contributed by atoms with Crippen molar-refractivity contribution in [2.75, 3.05) is 13.2 Å². The lowest BCUT2D eigenvalue weighted by atomic mass is 10.1. The van der Waals surface area contributed by atoms with Crippen molar-refractivity contribution in [3.8, 4) is 0 Å². The Hall–Kier alpha value is -1.93. The number of hydrogen-bond donors (Lipinski definition) is 0. The van der Waals surface area contributed by atoms with Gasteiger partial charge in [0.25, 0.3) is 0 Å². The number of aryl methyl sites for hydroxylation is 1. The zero-order valence-corrected chi connectivity index (χ0v) is 12.3. The van der Waals surface area contributed by atoms with E-state index in [4.69, 9.17) is 4.74 Å². The molecule has 0 aliphatic heterocycles. The van der Waals surface area contributed by atoms with Gasteiger partial charge in [-0.25, -0.2) is 0 Å². The van der Waals surface area contributed by atoms with E-state index in [0.29, 0.717) is 13.0 Å². The van der Waals surface area contributed by atoms with Crippen LogP contribution in [0, 0.1) is 0 Å². The predicted molar refractivity (Wildman–Crippen MR) is 85.6 cm³/mol. The van der Waals surface area contributed by atoms with Crippen LogP contribution in [-0.4, -0.2) is 19.0 Å². The summed E-state index contributed by atoms with van der Waals surface area (Å²) in [6, 6.07) is 19.9. The van der Waals surface area contributed by atoms with E-state index in [9.17, 15) is 4.79 Å². The average Bonchev–Trinajstić information content (AvgIpc) is 2.55. The van der Waals surface area contributed by atoms with E-state index >= 15 is 0 Å². The van der Waals surface area contributed by atoms with Crippen LogP contribution in [0.25, 0.3) is 0 Å². The second-order valence-corrected chi connectivity index (χ2v) is 5.09. The molecule has 0 radical (unpaired) electrons. The van der Waals surface area contributed by atoms with Gasteiger partial charge < -0.3 is 4.74 Å². The minimum Gasteiger partial charge on any atom is -0.381 e. The normalized spacial score (nSPS) is 10.5. The fraction of sp³-hybridized carbons (Fsp3) is 0.316. The summed E-state index contributed by atoms with van der Waals surface area (Å²) in [4.78, 5) is 11.9. The van der Waals surface area contributed by atoms with Crippen LogP contribution in [0.5, 0.6) is 0 Å². The zero-order chi connectivity index (χ0) is 14.8. The lowest BCUT2D eigenvalue weighted by molar-refractivity contribution is 0.0935. The summed E-state index contributed by atoms with van der Waals surface area (Å²) in [5, 5.41) is 0. The summed E-state index contributed by atoms with van der Waals surface area (Å²) in [7, 11) is 0. The Morgan fingerprint density at radius 1 is 0.810 bits per heavy atom. The maximum absolute atomic E-state index is 11.9. The van der Waals surface area contributed by atoms with Crippen LogP contribution in [0.3, 0.4) is 0 Å². The third-order valence-electron chi connectivity index (χ3n) is 3.39. The molecule has 0 aliphatic carbocycles. The van der Waals surface area contributed by atoms with E-state index in [1.54, 1.807) is 0 Å². The number of Topliss-reactive ketones (excluding diaryl/α,β-unsaturated/α-hetero) is 1. The Morgan fingerprint density at radius 2 is 1.43 bits per heavy atom. The van der Waals surface area contributed by atoms with Crippen molar-refractivity contribution in [3.63, 3.8) is 0 Å². The average molecular weight is 282 g/mol. The molecule has 110 valence electrons. The molecule has 2 aromatic rings. The fourth-order valence-corrected chi connectivity index (χ4v) is 2.23. The molecule has 0 atom stereocenters. The number of hydrogen-bond acceptors (Lipinski definition) is 2. The monoisotopic (exact) mass is 282 g/mol. The van der Waals surface area contributed by atoms with E-state index in [2.05, 4.69) is 24.3 Å². The molecule has 2 nitrogen and oxygen atoms in total. The third-order valence-corrected chi connectivity index (χ3v) is 3.39. The van der Waals surface area contributed by atoms with Crippen molar-refractivity contribution >= 4 is 5.78 Å². The minimum atomic E-state index is 0.198. The quantitative estimate of drug-likeness (QED) is 0.506. The molecule has 0 N–H and O–H groups in total. The smallest absolute Gasteiger partial charge is 0.162 e.